The summed E-state index contributed by atoms with van der Waals surface area (Å²) < 4.78 is 10.4. The minimum absolute atomic E-state index is 0.230. The van der Waals surface area contributed by atoms with Crippen LogP contribution < -0.4 is 20.1 Å². The topological polar surface area (TPSA) is 62.8 Å². The molecule has 1 aromatic carbocycles. The molecule has 3 heterocycles. The number of piperidine rings is 3. The monoisotopic (exact) mass is 343 g/mol. The highest BCUT2D eigenvalue weighted by atomic mass is 16.5. The summed E-state index contributed by atoms with van der Waals surface area (Å²) in [6, 6.07) is 5.41. The first kappa shape index (κ1) is 17.4. The number of carbonyl (C=O) groups is 1. The van der Waals surface area contributed by atoms with Gasteiger partial charge in [0.1, 0.15) is 11.5 Å². The van der Waals surface area contributed by atoms with Crippen molar-refractivity contribution in [2.75, 3.05) is 39.2 Å². The second-order valence-corrected chi connectivity index (χ2v) is 6.64. The van der Waals surface area contributed by atoms with Crippen LogP contribution in [0.25, 0.3) is 0 Å². The first-order valence-corrected chi connectivity index (χ1v) is 8.61. The predicted octanol–water partition coefficient (Wildman–Crippen LogP) is 2.17. The van der Waals surface area contributed by atoms with Gasteiger partial charge in [0, 0.05) is 48.9 Å². The highest BCUT2D eigenvalue weighted by Crippen LogP contribution is 2.35. The van der Waals surface area contributed by atoms with E-state index in [1.807, 2.05) is 0 Å². The lowest BCUT2D eigenvalue weighted by Gasteiger charge is -2.48. The third-order valence-corrected chi connectivity index (χ3v) is 5.20. The Kier molecular flexibility index (Phi) is 5.34. The molecular weight excluding hydrogens is 318 g/mol. The smallest absolute Gasteiger partial charge is 0.319 e. The molecular formula is C19H25N3O3. The van der Waals surface area contributed by atoms with Crippen molar-refractivity contribution < 1.29 is 14.3 Å². The maximum atomic E-state index is 12.2. The molecule has 3 aliphatic heterocycles. The lowest BCUT2D eigenvalue weighted by molar-refractivity contribution is 0.0242. The van der Waals surface area contributed by atoms with Crippen LogP contribution in [-0.4, -0.2) is 50.8 Å². The van der Waals surface area contributed by atoms with Crippen molar-refractivity contribution >= 4 is 11.7 Å². The van der Waals surface area contributed by atoms with Crippen molar-refractivity contribution in [2.45, 2.75) is 18.9 Å². The number of hydrogen-bond donors (Lipinski definition) is 2. The number of nitrogens with one attached hydrogen (secondary N) is 2. The Bertz CT molecular complexity index is 648. The van der Waals surface area contributed by atoms with E-state index in [-0.39, 0.29) is 6.03 Å². The van der Waals surface area contributed by atoms with E-state index in [2.05, 4.69) is 21.5 Å². The van der Waals surface area contributed by atoms with E-state index in [9.17, 15) is 4.79 Å². The number of benzene rings is 1. The molecule has 3 aliphatic rings. The molecule has 0 radical (unpaired) electrons. The van der Waals surface area contributed by atoms with Gasteiger partial charge in [0.15, 0.2) is 0 Å². The Hall–Kier alpha value is -2.39. The molecule has 134 valence electrons. The van der Waals surface area contributed by atoms with Crippen LogP contribution in [0.5, 0.6) is 11.5 Å². The van der Waals surface area contributed by atoms with Crippen molar-refractivity contribution in [1.29, 1.82) is 0 Å². The summed E-state index contributed by atoms with van der Waals surface area (Å²) in [6.45, 7) is 2.65. The summed E-state index contributed by atoms with van der Waals surface area (Å²) in [5.41, 5.74) is 0.631. The molecule has 1 unspecified atom stereocenters. The van der Waals surface area contributed by atoms with Crippen LogP contribution in [0, 0.1) is 24.2 Å². The van der Waals surface area contributed by atoms with Gasteiger partial charge in [-0.1, -0.05) is 0 Å². The molecule has 4 atom stereocenters. The molecule has 2 N–H and O–H groups in total. The maximum Gasteiger partial charge on any atom is 0.319 e. The van der Waals surface area contributed by atoms with Crippen LogP contribution in [0.2, 0.25) is 0 Å². The summed E-state index contributed by atoms with van der Waals surface area (Å²) in [4.78, 5) is 14.6. The number of anilines is 1. The van der Waals surface area contributed by atoms with Crippen molar-refractivity contribution in [1.82, 2.24) is 10.2 Å². The van der Waals surface area contributed by atoms with Crippen LogP contribution in [0.3, 0.4) is 0 Å². The number of amides is 2. The fourth-order valence-electron chi connectivity index (χ4n) is 3.80. The van der Waals surface area contributed by atoms with Crippen molar-refractivity contribution in [3.8, 4) is 23.8 Å². The molecule has 2 bridgehead atoms. The zero-order valence-electron chi connectivity index (χ0n) is 14.7. The highest BCUT2D eigenvalue weighted by molar-refractivity contribution is 5.89. The molecule has 6 heteroatoms. The van der Waals surface area contributed by atoms with Gasteiger partial charge in [-0.25, -0.2) is 4.79 Å². The number of urea groups is 1. The van der Waals surface area contributed by atoms with E-state index < -0.39 is 0 Å². The zero-order chi connectivity index (χ0) is 17.8. The standard InChI is InChI=1S/C19H25N3O3/c1-4-13-12-22-6-5-14(13)7-16(22)11-20-19(23)21-15-8-17(24-2)10-18(9-15)25-3/h1,8-10,13-14,16H,5-7,11-12H2,2-3H3,(H2,20,21,23)/t13-,14-,16+/m0/s1. The molecule has 0 spiro atoms. The summed E-state index contributed by atoms with van der Waals surface area (Å²) in [7, 11) is 3.16. The molecule has 6 nitrogen and oxygen atoms in total. The molecule has 3 fully saturated rings. The fraction of sp³-hybridized carbons (Fsp3) is 0.526. The lowest BCUT2D eigenvalue weighted by Crippen LogP contribution is -2.56. The normalized spacial score (nSPS) is 27.2. The number of nitrogens with zero attached hydrogens (tertiary/aromatic N) is 1. The Morgan fingerprint density at radius 3 is 2.60 bits per heavy atom. The van der Waals surface area contributed by atoms with E-state index >= 15 is 0 Å². The molecule has 25 heavy (non-hydrogen) atoms. The number of methoxy groups -OCH3 is 2. The van der Waals surface area contributed by atoms with Crippen molar-refractivity contribution in [3.63, 3.8) is 0 Å². The van der Waals surface area contributed by atoms with Gasteiger partial charge in [0.25, 0.3) is 0 Å². The number of ether oxygens (including phenoxy) is 2. The molecule has 0 aliphatic carbocycles. The molecule has 3 saturated heterocycles. The first-order valence-electron chi connectivity index (χ1n) is 8.61. The average Bonchev–Trinajstić information content (AvgIpc) is 2.66. The van der Waals surface area contributed by atoms with Crippen molar-refractivity contribution in [2.24, 2.45) is 11.8 Å². The minimum atomic E-state index is -0.230. The Morgan fingerprint density at radius 1 is 1.32 bits per heavy atom. The van der Waals surface area contributed by atoms with E-state index in [1.165, 1.54) is 6.42 Å². The number of carbonyl (C=O) groups excluding carboxylic acids is 1. The second-order valence-electron chi connectivity index (χ2n) is 6.64. The van der Waals surface area contributed by atoms with Gasteiger partial charge in [0.2, 0.25) is 0 Å². The van der Waals surface area contributed by atoms with Gasteiger partial charge in [0.05, 0.1) is 14.2 Å². The van der Waals surface area contributed by atoms with E-state index in [1.54, 1.807) is 32.4 Å². The maximum absolute atomic E-state index is 12.2. The molecule has 4 rings (SSSR count). The van der Waals surface area contributed by atoms with E-state index in [0.717, 1.165) is 19.5 Å². The summed E-state index contributed by atoms with van der Waals surface area (Å²) >= 11 is 0. The molecule has 0 aromatic heterocycles. The largest absolute Gasteiger partial charge is 0.497 e. The highest BCUT2D eigenvalue weighted by Gasteiger charge is 2.39. The lowest BCUT2D eigenvalue weighted by atomic mass is 9.76. The molecule has 0 saturated carbocycles. The van der Waals surface area contributed by atoms with Crippen LogP contribution in [0.15, 0.2) is 18.2 Å². The van der Waals surface area contributed by atoms with Crippen molar-refractivity contribution in [3.05, 3.63) is 18.2 Å². The zero-order valence-corrected chi connectivity index (χ0v) is 14.7. The predicted molar refractivity (Wildman–Crippen MR) is 97.0 cm³/mol. The average molecular weight is 343 g/mol. The number of hydrogen-bond acceptors (Lipinski definition) is 4. The fourth-order valence-corrected chi connectivity index (χ4v) is 3.80. The van der Waals surface area contributed by atoms with Gasteiger partial charge in [-0.05, 0) is 25.3 Å². The minimum Gasteiger partial charge on any atom is -0.497 e. The second kappa shape index (κ2) is 7.66. The first-order chi connectivity index (χ1) is 12.1. The number of rotatable bonds is 5. The van der Waals surface area contributed by atoms with Crippen LogP contribution in [-0.2, 0) is 0 Å². The van der Waals surface area contributed by atoms with Crippen LogP contribution in [0.1, 0.15) is 12.8 Å². The summed E-state index contributed by atoms with van der Waals surface area (Å²) in [5, 5.41) is 5.80. The van der Waals surface area contributed by atoms with Gasteiger partial charge in [-0.2, -0.15) is 0 Å². The summed E-state index contributed by atoms with van der Waals surface area (Å²) in [5.74, 6) is 5.12. The van der Waals surface area contributed by atoms with Crippen LogP contribution >= 0.6 is 0 Å². The molecule has 1 aromatic rings. The summed E-state index contributed by atoms with van der Waals surface area (Å²) in [6.07, 6.45) is 7.84. The Morgan fingerprint density at radius 2 is 2.04 bits per heavy atom. The van der Waals surface area contributed by atoms with Gasteiger partial charge in [-0.3, -0.25) is 4.90 Å². The third-order valence-electron chi connectivity index (χ3n) is 5.20. The third kappa shape index (κ3) is 3.99. The number of terminal acetylenes is 1. The van der Waals surface area contributed by atoms with Gasteiger partial charge >= 0.3 is 6.03 Å². The van der Waals surface area contributed by atoms with E-state index in [4.69, 9.17) is 15.9 Å². The van der Waals surface area contributed by atoms with Gasteiger partial charge < -0.3 is 20.1 Å². The number of fused-ring (bicyclic) bond motifs is 3. The SMILES string of the molecule is C#C[C@H]1CN2CC[C@H]1C[C@@H]2CNC(=O)Nc1cc(OC)cc(OC)c1. The van der Waals surface area contributed by atoms with Crippen LogP contribution in [0.4, 0.5) is 10.5 Å². The quantitative estimate of drug-likeness (QED) is 0.805. The Balaban J connectivity index is 1.53. The van der Waals surface area contributed by atoms with Gasteiger partial charge in [-0.15, -0.1) is 12.3 Å². The molecule has 2 amide bonds. The Labute approximate surface area is 148 Å². The van der Waals surface area contributed by atoms with E-state index in [0.29, 0.717) is 41.6 Å².